The number of fused-ring (bicyclic) bond motifs is 2. The summed E-state index contributed by atoms with van der Waals surface area (Å²) in [5.41, 5.74) is 7.60. The Balaban J connectivity index is 1.46. The highest BCUT2D eigenvalue weighted by Gasteiger charge is 2.34. The van der Waals surface area contributed by atoms with E-state index in [1.165, 1.54) is 28.0 Å². The van der Waals surface area contributed by atoms with Gasteiger partial charge in [-0.1, -0.05) is 42.5 Å². The Morgan fingerprint density at radius 3 is 2.57 bits per heavy atom. The maximum atomic E-state index is 5.87. The Morgan fingerprint density at radius 1 is 1.05 bits per heavy atom. The van der Waals surface area contributed by atoms with Crippen LogP contribution < -0.4 is 11.3 Å². The summed E-state index contributed by atoms with van der Waals surface area (Å²) in [5, 5.41) is 0.556. The van der Waals surface area contributed by atoms with Gasteiger partial charge in [-0.2, -0.15) is 0 Å². The molecule has 0 saturated carbocycles. The Morgan fingerprint density at radius 2 is 1.81 bits per heavy atom. The van der Waals surface area contributed by atoms with Crippen LogP contribution >= 0.6 is 11.8 Å². The zero-order chi connectivity index (χ0) is 14.2. The molecule has 21 heavy (non-hydrogen) atoms. The molecule has 0 bridgehead atoms. The lowest BCUT2D eigenvalue weighted by molar-refractivity contribution is 0.414. The lowest BCUT2D eigenvalue weighted by atomic mass is 9.74. The van der Waals surface area contributed by atoms with E-state index in [1.807, 2.05) is 11.8 Å². The minimum Gasteiger partial charge on any atom is -0.271 e. The molecule has 0 amide bonds. The fourth-order valence-electron chi connectivity index (χ4n) is 3.64. The number of thioether (sulfide) groups is 1. The minimum atomic E-state index is 0.376. The van der Waals surface area contributed by atoms with Crippen LogP contribution in [0.25, 0.3) is 0 Å². The molecule has 1 heterocycles. The number of hydrogen-bond acceptors (Lipinski definition) is 3. The Bertz CT molecular complexity index is 630. The number of nitrogens with one attached hydrogen (secondary N) is 1. The Kier molecular flexibility index (Phi) is 3.49. The van der Waals surface area contributed by atoms with Crippen molar-refractivity contribution in [3.63, 3.8) is 0 Å². The summed E-state index contributed by atoms with van der Waals surface area (Å²) in [6, 6.07) is 17.9. The van der Waals surface area contributed by atoms with Crippen LogP contribution in [0.3, 0.4) is 0 Å². The van der Waals surface area contributed by atoms with E-state index in [4.69, 9.17) is 5.84 Å². The molecule has 2 aromatic carbocycles. The van der Waals surface area contributed by atoms with Crippen LogP contribution in [0.4, 0.5) is 0 Å². The SMILES string of the molecule is NNC(CC1Cc2ccccc21)C1Cc2ccccc2S1. The molecular weight excluding hydrogens is 276 g/mol. The average Bonchev–Trinajstić information content (AvgIpc) is 2.92. The van der Waals surface area contributed by atoms with Gasteiger partial charge < -0.3 is 0 Å². The van der Waals surface area contributed by atoms with Gasteiger partial charge >= 0.3 is 0 Å². The first-order valence-electron chi connectivity index (χ1n) is 7.63. The summed E-state index contributed by atoms with van der Waals surface area (Å²) in [6.45, 7) is 0. The topological polar surface area (TPSA) is 38.0 Å². The number of benzene rings is 2. The molecule has 2 aromatic rings. The molecule has 4 rings (SSSR count). The summed E-state index contributed by atoms with van der Waals surface area (Å²) in [4.78, 5) is 1.43. The zero-order valence-corrected chi connectivity index (χ0v) is 12.8. The lowest BCUT2D eigenvalue weighted by Crippen LogP contribution is -2.44. The van der Waals surface area contributed by atoms with Crippen LogP contribution in [-0.4, -0.2) is 11.3 Å². The van der Waals surface area contributed by atoms with Crippen molar-refractivity contribution < 1.29 is 0 Å². The standard InChI is InChI=1S/C18H20N2S/c19-20-16(10-14-9-12-5-1-3-7-15(12)14)18-11-13-6-2-4-8-17(13)21-18/h1-8,14,16,18,20H,9-11,19H2. The van der Waals surface area contributed by atoms with Crippen molar-refractivity contribution >= 4 is 11.8 Å². The largest absolute Gasteiger partial charge is 0.271 e. The molecule has 0 fully saturated rings. The molecule has 0 aromatic heterocycles. The van der Waals surface area contributed by atoms with Crippen LogP contribution in [0, 0.1) is 0 Å². The highest BCUT2D eigenvalue weighted by molar-refractivity contribution is 8.00. The predicted octanol–water partition coefficient (Wildman–Crippen LogP) is 3.27. The van der Waals surface area contributed by atoms with E-state index in [0.717, 1.165) is 12.8 Å². The van der Waals surface area contributed by atoms with Gasteiger partial charge in [-0.15, -0.1) is 11.8 Å². The maximum absolute atomic E-state index is 5.87. The van der Waals surface area contributed by atoms with Gasteiger partial charge in [0.2, 0.25) is 0 Å². The molecule has 3 heteroatoms. The number of nitrogens with two attached hydrogens (primary N) is 1. The van der Waals surface area contributed by atoms with Crippen LogP contribution in [0.15, 0.2) is 53.4 Å². The molecule has 2 aliphatic rings. The average molecular weight is 296 g/mol. The molecule has 1 aliphatic carbocycles. The second kappa shape index (κ2) is 5.48. The first kappa shape index (κ1) is 13.4. The van der Waals surface area contributed by atoms with Gasteiger partial charge in [0.15, 0.2) is 0 Å². The molecule has 3 N–H and O–H groups in total. The van der Waals surface area contributed by atoms with E-state index in [2.05, 4.69) is 54.0 Å². The molecule has 3 atom stereocenters. The van der Waals surface area contributed by atoms with Crippen molar-refractivity contribution in [2.75, 3.05) is 0 Å². The molecule has 0 saturated heterocycles. The highest BCUT2D eigenvalue weighted by atomic mass is 32.2. The van der Waals surface area contributed by atoms with Crippen molar-refractivity contribution in [1.29, 1.82) is 0 Å². The third-order valence-corrected chi connectivity index (χ3v) is 6.28. The van der Waals surface area contributed by atoms with E-state index in [0.29, 0.717) is 17.2 Å². The van der Waals surface area contributed by atoms with Gasteiger partial charge in [0.1, 0.15) is 0 Å². The highest BCUT2D eigenvalue weighted by Crippen LogP contribution is 2.43. The number of hydrogen-bond donors (Lipinski definition) is 2. The smallest absolute Gasteiger partial charge is 0.0342 e. The molecule has 3 unspecified atom stereocenters. The van der Waals surface area contributed by atoms with Crippen molar-refractivity contribution in [3.8, 4) is 0 Å². The van der Waals surface area contributed by atoms with E-state index in [1.54, 1.807) is 0 Å². The first-order valence-corrected chi connectivity index (χ1v) is 8.51. The van der Waals surface area contributed by atoms with E-state index in [9.17, 15) is 0 Å². The molecule has 1 aliphatic heterocycles. The first-order chi connectivity index (χ1) is 10.3. The second-order valence-corrected chi connectivity index (χ2v) is 7.36. The molecule has 0 spiro atoms. The fraction of sp³-hybridized carbons (Fsp3) is 0.333. The van der Waals surface area contributed by atoms with E-state index >= 15 is 0 Å². The van der Waals surface area contributed by atoms with Crippen molar-refractivity contribution in [2.24, 2.45) is 5.84 Å². The number of rotatable bonds is 4. The van der Waals surface area contributed by atoms with Crippen molar-refractivity contribution in [1.82, 2.24) is 5.43 Å². The monoisotopic (exact) mass is 296 g/mol. The molecule has 2 nitrogen and oxygen atoms in total. The fourth-order valence-corrected chi connectivity index (χ4v) is 5.04. The maximum Gasteiger partial charge on any atom is 0.0342 e. The van der Waals surface area contributed by atoms with Crippen molar-refractivity contribution in [3.05, 3.63) is 65.2 Å². The summed E-state index contributed by atoms with van der Waals surface area (Å²) < 4.78 is 0. The Hall–Kier alpha value is -1.29. The van der Waals surface area contributed by atoms with Gasteiger partial charge in [-0.3, -0.25) is 11.3 Å². The number of hydrazine groups is 1. The van der Waals surface area contributed by atoms with Crippen molar-refractivity contribution in [2.45, 2.75) is 41.4 Å². The summed E-state index contributed by atoms with van der Waals surface area (Å²) >= 11 is 1.98. The summed E-state index contributed by atoms with van der Waals surface area (Å²) in [7, 11) is 0. The molecular formula is C18H20N2S. The lowest BCUT2D eigenvalue weighted by Gasteiger charge is -2.34. The molecule has 0 radical (unpaired) electrons. The zero-order valence-electron chi connectivity index (χ0n) is 12.0. The predicted molar refractivity (Wildman–Crippen MR) is 88.4 cm³/mol. The van der Waals surface area contributed by atoms with Gasteiger partial charge in [-0.25, -0.2) is 0 Å². The van der Waals surface area contributed by atoms with Gasteiger partial charge in [0, 0.05) is 16.2 Å². The van der Waals surface area contributed by atoms with Gasteiger partial charge in [0.05, 0.1) is 0 Å². The quantitative estimate of drug-likeness (QED) is 0.672. The minimum absolute atomic E-state index is 0.376. The van der Waals surface area contributed by atoms with E-state index in [-0.39, 0.29) is 0 Å². The normalized spacial score (nSPS) is 24.0. The van der Waals surface area contributed by atoms with Crippen LogP contribution in [0.1, 0.15) is 29.0 Å². The third kappa shape index (κ3) is 2.39. The van der Waals surface area contributed by atoms with Crippen LogP contribution in [0.2, 0.25) is 0 Å². The molecule has 108 valence electrons. The van der Waals surface area contributed by atoms with Gasteiger partial charge in [0.25, 0.3) is 0 Å². The Labute approximate surface area is 130 Å². The van der Waals surface area contributed by atoms with Crippen LogP contribution in [0.5, 0.6) is 0 Å². The van der Waals surface area contributed by atoms with E-state index < -0.39 is 0 Å². The summed E-state index contributed by atoms with van der Waals surface area (Å²) in [6.07, 6.45) is 3.47. The second-order valence-electron chi connectivity index (χ2n) is 6.08. The summed E-state index contributed by atoms with van der Waals surface area (Å²) in [5.74, 6) is 6.54. The van der Waals surface area contributed by atoms with Gasteiger partial charge in [-0.05, 0) is 47.9 Å². The van der Waals surface area contributed by atoms with Crippen LogP contribution in [-0.2, 0) is 12.8 Å². The third-order valence-electron chi connectivity index (χ3n) is 4.83.